The molecule has 3 aromatic carbocycles. The summed E-state index contributed by atoms with van der Waals surface area (Å²) in [7, 11) is 1.46. The molecular weight excluding hydrogens is 428 g/mol. The lowest BCUT2D eigenvalue weighted by atomic mass is 10.1. The van der Waals surface area contributed by atoms with E-state index in [1.54, 1.807) is 41.8 Å². The Balaban J connectivity index is 1.46. The number of hydrogen-bond acceptors (Lipinski definition) is 7. The van der Waals surface area contributed by atoms with E-state index >= 15 is 0 Å². The lowest BCUT2D eigenvalue weighted by Crippen LogP contribution is -2.17. The second-order valence-electron chi connectivity index (χ2n) is 6.69. The molecule has 2 N–H and O–H groups in total. The lowest BCUT2D eigenvalue weighted by Gasteiger charge is -2.09. The van der Waals surface area contributed by atoms with Gasteiger partial charge >= 0.3 is 5.97 Å². The number of nitrogens with zero attached hydrogens (tertiary/aromatic N) is 1. The maximum atomic E-state index is 12.4. The first kappa shape index (κ1) is 21.1. The molecule has 0 spiro atoms. The SMILES string of the molecule is COc1cc(/C=N/NC(=O)c2cc3ccccc3cc2O)ccc1OC(=O)c1cccs1. The van der Waals surface area contributed by atoms with E-state index in [0.29, 0.717) is 16.2 Å². The Labute approximate surface area is 187 Å². The Hall–Kier alpha value is -4.17. The van der Waals surface area contributed by atoms with Gasteiger partial charge in [-0.05, 0) is 58.1 Å². The van der Waals surface area contributed by atoms with Gasteiger partial charge in [0.05, 0.1) is 18.9 Å². The minimum Gasteiger partial charge on any atom is -0.507 e. The Morgan fingerprint density at radius 1 is 1.00 bits per heavy atom. The van der Waals surface area contributed by atoms with Crippen LogP contribution in [0, 0.1) is 0 Å². The molecule has 0 bridgehead atoms. The number of aromatic hydroxyl groups is 1. The van der Waals surface area contributed by atoms with Crippen molar-refractivity contribution in [2.24, 2.45) is 5.10 Å². The highest BCUT2D eigenvalue weighted by molar-refractivity contribution is 7.12. The molecule has 0 fully saturated rings. The van der Waals surface area contributed by atoms with Crippen LogP contribution in [0.4, 0.5) is 0 Å². The van der Waals surface area contributed by atoms with Crippen LogP contribution in [0.1, 0.15) is 25.6 Å². The minimum atomic E-state index is -0.544. The molecule has 0 aliphatic carbocycles. The van der Waals surface area contributed by atoms with Crippen molar-refractivity contribution in [1.82, 2.24) is 5.43 Å². The molecule has 0 saturated carbocycles. The molecule has 0 radical (unpaired) electrons. The van der Waals surface area contributed by atoms with Gasteiger partial charge in [0.2, 0.25) is 0 Å². The molecule has 8 heteroatoms. The first-order valence-electron chi connectivity index (χ1n) is 9.54. The smallest absolute Gasteiger partial charge is 0.353 e. The van der Waals surface area contributed by atoms with Gasteiger partial charge < -0.3 is 14.6 Å². The topological polar surface area (TPSA) is 97.2 Å². The first-order chi connectivity index (χ1) is 15.5. The number of hydrogen-bond donors (Lipinski definition) is 2. The second kappa shape index (κ2) is 9.32. The summed E-state index contributed by atoms with van der Waals surface area (Å²) in [5, 5.41) is 17.6. The lowest BCUT2D eigenvalue weighted by molar-refractivity contribution is 0.0734. The highest BCUT2D eigenvalue weighted by atomic mass is 32.1. The summed E-state index contributed by atoms with van der Waals surface area (Å²) in [4.78, 5) is 25.1. The van der Waals surface area contributed by atoms with E-state index in [4.69, 9.17) is 9.47 Å². The summed E-state index contributed by atoms with van der Waals surface area (Å²) in [5.41, 5.74) is 3.13. The van der Waals surface area contributed by atoms with Gasteiger partial charge in [-0.3, -0.25) is 4.79 Å². The van der Waals surface area contributed by atoms with E-state index in [-0.39, 0.29) is 17.1 Å². The number of fused-ring (bicyclic) bond motifs is 1. The Morgan fingerprint density at radius 2 is 1.78 bits per heavy atom. The summed E-state index contributed by atoms with van der Waals surface area (Å²) in [5.74, 6) is -0.527. The van der Waals surface area contributed by atoms with E-state index in [1.165, 1.54) is 30.7 Å². The van der Waals surface area contributed by atoms with Gasteiger partial charge in [0.25, 0.3) is 5.91 Å². The van der Waals surface area contributed by atoms with Crippen molar-refractivity contribution in [3.63, 3.8) is 0 Å². The van der Waals surface area contributed by atoms with Crippen LogP contribution in [0.3, 0.4) is 0 Å². The number of carbonyl (C=O) groups excluding carboxylic acids is 2. The van der Waals surface area contributed by atoms with Gasteiger partial charge in [0.1, 0.15) is 10.6 Å². The number of nitrogens with one attached hydrogen (secondary N) is 1. The van der Waals surface area contributed by atoms with Crippen LogP contribution in [0.25, 0.3) is 10.8 Å². The van der Waals surface area contributed by atoms with Crippen molar-refractivity contribution in [1.29, 1.82) is 0 Å². The molecule has 1 aromatic heterocycles. The zero-order chi connectivity index (χ0) is 22.5. The van der Waals surface area contributed by atoms with E-state index < -0.39 is 11.9 Å². The predicted molar refractivity (Wildman–Crippen MR) is 123 cm³/mol. The average Bonchev–Trinajstić information content (AvgIpc) is 3.34. The van der Waals surface area contributed by atoms with Crippen molar-refractivity contribution in [2.75, 3.05) is 7.11 Å². The molecule has 32 heavy (non-hydrogen) atoms. The fourth-order valence-corrected chi connectivity index (χ4v) is 3.63. The normalized spacial score (nSPS) is 10.9. The summed E-state index contributed by atoms with van der Waals surface area (Å²) < 4.78 is 10.7. The quantitative estimate of drug-likeness (QED) is 0.195. The second-order valence-corrected chi connectivity index (χ2v) is 7.64. The molecular formula is C24H18N2O5S. The number of phenolic OH excluding ortho intramolecular Hbond substituents is 1. The zero-order valence-electron chi connectivity index (χ0n) is 16.9. The number of carbonyl (C=O) groups is 2. The number of methoxy groups -OCH3 is 1. The maximum Gasteiger partial charge on any atom is 0.353 e. The minimum absolute atomic E-state index is 0.120. The molecule has 1 amide bonds. The van der Waals surface area contributed by atoms with Gasteiger partial charge in [-0.15, -0.1) is 11.3 Å². The predicted octanol–water partition coefficient (Wildman–Crippen LogP) is 4.60. The largest absolute Gasteiger partial charge is 0.507 e. The number of phenols is 1. The van der Waals surface area contributed by atoms with Gasteiger partial charge in [-0.1, -0.05) is 30.3 Å². The molecule has 4 rings (SSSR count). The summed E-state index contributed by atoms with van der Waals surface area (Å²) in [6, 6.07) is 18.9. The maximum absolute atomic E-state index is 12.4. The standard InChI is InChI=1S/C24H18N2O5S/c1-30-21-11-15(8-9-20(21)31-24(29)22-7-4-10-32-22)14-25-26-23(28)18-12-16-5-2-3-6-17(16)13-19(18)27/h2-14,27H,1H3,(H,26,28)/b25-14+. The number of thiophene rings is 1. The fraction of sp³-hybridized carbons (Fsp3) is 0.0417. The summed E-state index contributed by atoms with van der Waals surface area (Å²) in [6.07, 6.45) is 1.42. The number of ether oxygens (including phenoxy) is 2. The Kier molecular flexibility index (Phi) is 6.14. The number of hydrazone groups is 1. The molecule has 0 atom stereocenters. The van der Waals surface area contributed by atoms with E-state index in [1.807, 2.05) is 24.3 Å². The van der Waals surface area contributed by atoms with E-state index in [2.05, 4.69) is 10.5 Å². The van der Waals surface area contributed by atoms with Crippen LogP contribution in [-0.4, -0.2) is 30.3 Å². The number of rotatable bonds is 6. The molecule has 0 unspecified atom stereocenters. The molecule has 1 heterocycles. The first-order valence-corrected chi connectivity index (χ1v) is 10.4. The molecule has 0 aliphatic heterocycles. The highest BCUT2D eigenvalue weighted by Crippen LogP contribution is 2.29. The fourth-order valence-electron chi connectivity index (χ4n) is 3.03. The number of esters is 1. The van der Waals surface area contributed by atoms with Crippen molar-refractivity contribution < 1.29 is 24.2 Å². The van der Waals surface area contributed by atoms with Gasteiger partial charge in [0, 0.05) is 0 Å². The third-order valence-electron chi connectivity index (χ3n) is 4.60. The van der Waals surface area contributed by atoms with Gasteiger partial charge in [0.15, 0.2) is 11.5 Å². The van der Waals surface area contributed by atoms with Crippen molar-refractivity contribution in [2.45, 2.75) is 0 Å². The van der Waals surface area contributed by atoms with Crippen molar-refractivity contribution >= 4 is 40.2 Å². The van der Waals surface area contributed by atoms with Crippen LogP contribution in [0.15, 0.2) is 77.2 Å². The third kappa shape index (κ3) is 4.60. The van der Waals surface area contributed by atoms with Crippen LogP contribution in [0.5, 0.6) is 17.2 Å². The molecule has 0 saturated heterocycles. The van der Waals surface area contributed by atoms with E-state index in [9.17, 15) is 14.7 Å². The zero-order valence-corrected chi connectivity index (χ0v) is 17.8. The Bertz CT molecular complexity index is 1320. The Morgan fingerprint density at radius 3 is 2.50 bits per heavy atom. The van der Waals surface area contributed by atoms with E-state index in [0.717, 1.165) is 10.8 Å². The van der Waals surface area contributed by atoms with Crippen LogP contribution >= 0.6 is 11.3 Å². The number of amides is 1. The molecule has 0 aliphatic rings. The summed E-state index contributed by atoms with van der Waals surface area (Å²) in [6.45, 7) is 0. The average molecular weight is 446 g/mol. The van der Waals surface area contributed by atoms with Gasteiger partial charge in [-0.25, -0.2) is 10.2 Å². The molecule has 160 valence electrons. The third-order valence-corrected chi connectivity index (χ3v) is 5.45. The van der Waals surface area contributed by atoms with Crippen LogP contribution in [0.2, 0.25) is 0 Å². The molecule has 7 nitrogen and oxygen atoms in total. The highest BCUT2D eigenvalue weighted by Gasteiger charge is 2.14. The number of benzene rings is 3. The molecule has 4 aromatic rings. The van der Waals surface area contributed by atoms with Crippen LogP contribution < -0.4 is 14.9 Å². The van der Waals surface area contributed by atoms with Crippen molar-refractivity contribution in [3.8, 4) is 17.2 Å². The summed E-state index contributed by atoms with van der Waals surface area (Å²) >= 11 is 1.29. The van der Waals surface area contributed by atoms with Gasteiger partial charge in [-0.2, -0.15) is 5.10 Å². The van der Waals surface area contributed by atoms with Crippen molar-refractivity contribution in [3.05, 3.63) is 88.1 Å². The monoisotopic (exact) mass is 446 g/mol. The van der Waals surface area contributed by atoms with Crippen LogP contribution in [-0.2, 0) is 0 Å².